The van der Waals surface area contributed by atoms with Gasteiger partial charge in [0.2, 0.25) is 0 Å². The van der Waals surface area contributed by atoms with Gasteiger partial charge in [0.15, 0.2) is 0 Å². The van der Waals surface area contributed by atoms with E-state index in [9.17, 15) is 0 Å². The smallest absolute Gasteiger partial charge is 0.0541 e. The number of thiol groups is 1. The maximum Gasteiger partial charge on any atom is 0.0541 e. The van der Waals surface area contributed by atoms with Crippen LogP contribution >= 0.6 is 36.0 Å². The maximum atomic E-state index is 6.17. The molecule has 0 aliphatic carbocycles. The van der Waals surface area contributed by atoms with Crippen LogP contribution in [0.1, 0.15) is 12.8 Å². The molecule has 1 aromatic rings. The molecule has 0 aromatic heterocycles. The highest BCUT2D eigenvalue weighted by atomic mass is 35.5. The first-order valence-corrected chi connectivity index (χ1v) is 7.81. The number of thioether (sulfide) groups is 1. The monoisotopic (exact) mass is 288 g/mol. The summed E-state index contributed by atoms with van der Waals surface area (Å²) in [4.78, 5) is 1.17. The van der Waals surface area contributed by atoms with Gasteiger partial charge in [-0.2, -0.15) is 12.6 Å². The summed E-state index contributed by atoms with van der Waals surface area (Å²) in [5.74, 6) is 2.00. The van der Waals surface area contributed by atoms with Crippen molar-refractivity contribution in [3.63, 3.8) is 0 Å². The number of ether oxygens (including phenoxy) is 1. The highest BCUT2D eigenvalue weighted by Crippen LogP contribution is 2.39. The van der Waals surface area contributed by atoms with E-state index in [4.69, 9.17) is 16.3 Å². The third-order valence-electron chi connectivity index (χ3n) is 3.26. The molecule has 2 rings (SSSR count). The standard InChI is InChI=1S/C13H17ClOS2/c14-11-3-1-2-4-12(11)17-10-13(9-16)5-7-15-8-6-13/h1-4,16H,5-10H2. The van der Waals surface area contributed by atoms with E-state index in [1.807, 2.05) is 30.0 Å². The molecule has 0 N–H and O–H groups in total. The summed E-state index contributed by atoms with van der Waals surface area (Å²) in [5, 5.41) is 0.846. The average Bonchev–Trinajstić information content (AvgIpc) is 2.39. The molecule has 94 valence electrons. The Morgan fingerprint density at radius 2 is 2.00 bits per heavy atom. The zero-order chi connectivity index (χ0) is 12.1. The molecule has 4 heteroatoms. The van der Waals surface area contributed by atoms with Crippen LogP contribution in [-0.4, -0.2) is 24.7 Å². The van der Waals surface area contributed by atoms with Crippen LogP contribution < -0.4 is 0 Å². The number of hydrogen-bond acceptors (Lipinski definition) is 3. The minimum atomic E-state index is 0.311. The molecule has 1 saturated heterocycles. The number of hydrogen-bond donors (Lipinski definition) is 1. The van der Waals surface area contributed by atoms with Gasteiger partial charge in [-0.25, -0.2) is 0 Å². The largest absolute Gasteiger partial charge is 0.381 e. The summed E-state index contributed by atoms with van der Waals surface area (Å²) in [5.41, 5.74) is 0.311. The first-order chi connectivity index (χ1) is 8.26. The van der Waals surface area contributed by atoms with E-state index in [0.717, 1.165) is 42.6 Å². The van der Waals surface area contributed by atoms with Crippen molar-refractivity contribution in [2.75, 3.05) is 24.7 Å². The summed E-state index contributed by atoms with van der Waals surface area (Å²) in [6, 6.07) is 8.03. The zero-order valence-corrected chi connectivity index (χ0v) is 12.2. The molecule has 0 bridgehead atoms. The molecule has 17 heavy (non-hydrogen) atoms. The van der Waals surface area contributed by atoms with Crippen LogP contribution in [0.3, 0.4) is 0 Å². The van der Waals surface area contributed by atoms with Crippen LogP contribution in [0.4, 0.5) is 0 Å². The van der Waals surface area contributed by atoms with E-state index < -0.39 is 0 Å². The van der Waals surface area contributed by atoms with Gasteiger partial charge in [-0.15, -0.1) is 11.8 Å². The van der Waals surface area contributed by atoms with Gasteiger partial charge in [0.05, 0.1) is 5.02 Å². The van der Waals surface area contributed by atoms with Gasteiger partial charge in [0.25, 0.3) is 0 Å². The normalized spacial score (nSPS) is 19.2. The Kier molecular flexibility index (Phi) is 5.10. The maximum absolute atomic E-state index is 6.17. The first-order valence-electron chi connectivity index (χ1n) is 5.82. The predicted octanol–water partition coefficient (Wildman–Crippen LogP) is 4.16. The Labute approximate surface area is 118 Å². The van der Waals surface area contributed by atoms with Crippen molar-refractivity contribution in [3.8, 4) is 0 Å². The van der Waals surface area contributed by atoms with E-state index in [-0.39, 0.29) is 0 Å². The van der Waals surface area contributed by atoms with Crippen LogP contribution in [0, 0.1) is 5.41 Å². The molecule has 0 amide bonds. The minimum absolute atomic E-state index is 0.311. The minimum Gasteiger partial charge on any atom is -0.381 e. The van der Waals surface area contributed by atoms with E-state index in [1.54, 1.807) is 0 Å². The summed E-state index contributed by atoms with van der Waals surface area (Å²) in [7, 11) is 0. The lowest BCUT2D eigenvalue weighted by Crippen LogP contribution is -2.33. The van der Waals surface area contributed by atoms with Crippen molar-refractivity contribution in [2.24, 2.45) is 5.41 Å². The van der Waals surface area contributed by atoms with Gasteiger partial charge in [-0.3, -0.25) is 0 Å². The lowest BCUT2D eigenvalue weighted by molar-refractivity contribution is 0.0371. The van der Waals surface area contributed by atoms with E-state index in [0.29, 0.717) is 5.41 Å². The van der Waals surface area contributed by atoms with Gasteiger partial charge >= 0.3 is 0 Å². The van der Waals surface area contributed by atoms with Crippen molar-refractivity contribution >= 4 is 36.0 Å². The topological polar surface area (TPSA) is 9.23 Å². The Balaban J connectivity index is 1.98. The van der Waals surface area contributed by atoms with E-state index in [1.165, 1.54) is 4.90 Å². The van der Waals surface area contributed by atoms with Crippen molar-refractivity contribution in [1.29, 1.82) is 0 Å². The molecular weight excluding hydrogens is 272 g/mol. The second kappa shape index (κ2) is 6.37. The SMILES string of the molecule is SCC1(CSc2ccccc2Cl)CCOCC1. The molecule has 0 radical (unpaired) electrons. The van der Waals surface area contributed by atoms with Crippen molar-refractivity contribution in [3.05, 3.63) is 29.3 Å². The fraction of sp³-hybridized carbons (Fsp3) is 0.538. The molecule has 1 aromatic carbocycles. The molecule has 0 unspecified atom stereocenters. The third kappa shape index (κ3) is 3.57. The highest BCUT2D eigenvalue weighted by Gasteiger charge is 2.31. The fourth-order valence-electron chi connectivity index (χ4n) is 1.95. The molecule has 1 nitrogen and oxygen atoms in total. The fourth-order valence-corrected chi connectivity index (χ4v) is 4.06. The van der Waals surface area contributed by atoms with Gasteiger partial charge in [0, 0.05) is 23.9 Å². The Morgan fingerprint density at radius 1 is 1.29 bits per heavy atom. The van der Waals surface area contributed by atoms with Crippen LogP contribution in [0.15, 0.2) is 29.2 Å². The van der Waals surface area contributed by atoms with E-state index >= 15 is 0 Å². The van der Waals surface area contributed by atoms with Crippen molar-refractivity contribution < 1.29 is 4.74 Å². The van der Waals surface area contributed by atoms with Crippen LogP contribution in [0.5, 0.6) is 0 Å². The molecule has 0 saturated carbocycles. The van der Waals surface area contributed by atoms with Gasteiger partial charge < -0.3 is 4.74 Å². The molecule has 1 heterocycles. The Bertz CT molecular complexity index is 364. The predicted molar refractivity (Wildman–Crippen MR) is 78.5 cm³/mol. The van der Waals surface area contributed by atoms with Crippen LogP contribution in [-0.2, 0) is 4.74 Å². The number of rotatable bonds is 4. The molecule has 0 atom stereocenters. The Hall–Kier alpha value is 0.170. The van der Waals surface area contributed by atoms with Gasteiger partial charge in [-0.1, -0.05) is 23.7 Å². The first kappa shape index (κ1) is 13.6. The molecule has 0 spiro atoms. The second-order valence-electron chi connectivity index (χ2n) is 4.49. The quantitative estimate of drug-likeness (QED) is 0.658. The summed E-state index contributed by atoms with van der Waals surface area (Å²) in [6.07, 6.45) is 2.21. The van der Waals surface area contributed by atoms with Crippen molar-refractivity contribution in [1.82, 2.24) is 0 Å². The lowest BCUT2D eigenvalue weighted by atomic mass is 9.84. The molecular formula is C13H17ClOS2. The van der Waals surface area contributed by atoms with Gasteiger partial charge in [-0.05, 0) is 36.1 Å². The zero-order valence-electron chi connectivity index (χ0n) is 9.69. The number of benzene rings is 1. The molecule has 1 aliphatic rings. The summed E-state index contributed by atoms with van der Waals surface area (Å²) < 4.78 is 5.43. The molecule has 1 fully saturated rings. The summed E-state index contributed by atoms with van der Waals surface area (Å²) >= 11 is 12.5. The lowest BCUT2D eigenvalue weighted by Gasteiger charge is -2.35. The average molecular weight is 289 g/mol. The van der Waals surface area contributed by atoms with E-state index in [2.05, 4.69) is 18.7 Å². The molecule has 1 aliphatic heterocycles. The Morgan fingerprint density at radius 3 is 2.65 bits per heavy atom. The van der Waals surface area contributed by atoms with Crippen molar-refractivity contribution in [2.45, 2.75) is 17.7 Å². The highest BCUT2D eigenvalue weighted by molar-refractivity contribution is 7.99. The summed E-state index contributed by atoms with van der Waals surface area (Å²) in [6.45, 7) is 1.73. The third-order valence-corrected chi connectivity index (χ3v) is 5.80. The van der Waals surface area contributed by atoms with Gasteiger partial charge in [0.1, 0.15) is 0 Å². The van der Waals surface area contributed by atoms with Crippen LogP contribution in [0.25, 0.3) is 0 Å². The number of halogens is 1. The second-order valence-corrected chi connectivity index (χ2v) is 6.23. The van der Waals surface area contributed by atoms with Crippen LogP contribution in [0.2, 0.25) is 5.02 Å².